The minimum atomic E-state index is -4.44. The Hall–Kier alpha value is -1.64. The molecule has 136 valence electrons. The molecule has 8 heteroatoms. The molecule has 24 heavy (non-hydrogen) atoms. The third-order valence-electron chi connectivity index (χ3n) is 3.65. The van der Waals surface area contributed by atoms with Gasteiger partial charge in [0.2, 0.25) is 5.91 Å². The number of nitrogens with two attached hydrogens (primary N) is 1. The number of carbonyl (C=O) groups excluding carboxylic acids is 1. The molecule has 0 aliphatic rings. The van der Waals surface area contributed by atoms with Crippen molar-refractivity contribution in [3.8, 4) is 0 Å². The van der Waals surface area contributed by atoms with Crippen LogP contribution >= 0.6 is 0 Å². The van der Waals surface area contributed by atoms with Gasteiger partial charge < -0.3 is 20.1 Å². The van der Waals surface area contributed by atoms with Crippen LogP contribution in [0, 0.1) is 0 Å². The lowest BCUT2D eigenvalue weighted by molar-refractivity contribution is -0.137. The van der Waals surface area contributed by atoms with Crippen LogP contribution in [0.4, 0.5) is 13.2 Å². The maximum Gasteiger partial charge on any atom is 0.416 e. The zero-order valence-corrected chi connectivity index (χ0v) is 14.0. The van der Waals surface area contributed by atoms with Crippen LogP contribution in [0.5, 0.6) is 0 Å². The highest BCUT2D eigenvalue weighted by molar-refractivity contribution is 5.82. The summed E-state index contributed by atoms with van der Waals surface area (Å²) in [6.45, 7) is 2.14. The standard InChI is InChI=1S/C16H23F3N2O3/c1-11(12-5-4-6-13(9-12)16(17,18)19)21(7-8-23-2)15(22)14(20)10-24-3/h4-6,9,11,14H,7-8,10,20H2,1-3H3. The molecule has 0 fully saturated rings. The van der Waals surface area contributed by atoms with Gasteiger partial charge in [0, 0.05) is 20.8 Å². The number of nitrogens with zero attached hydrogens (tertiary/aromatic N) is 1. The van der Waals surface area contributed by atoms with E-state index in [1.165, 1.54) is 25.2 Å². The van der Waals surface area contributed by atoms with E-state index in [2.05, 4.69) is 0 Å². The molecule has 0 aromatic heterocycles. The second-order valence-electron chi connectivity index (χ2n) is 5.39. The van der Waals surface area contributed by atoms with Crippen LogP contribution in [-0.2, 0) is 20.4 Å². The predicted octanol–water partition coefficient (Wildman–Crippen LogP) is 2.22. The molecule has 0 saturated carbocycles. The number of methoxy groups -OCH3 is 2. The minimum absolute atomic E-state index is 0.0254. The van der Waals surface area contributed by atoms with Crippen LogP contribution < -0.4 is 5.73 Å². The molecule has 0 radical (unpaired) electrons. The van der Waals surface area contributed by atoms with Gasteiger partial charge in [-0.3, -0.25) is 4.79 Å². The van der Waals surface area contributed by atoms with Gasteiger partial charge in [0.05, 0.1) is 24.8 Å². The first-order valence-corrected chi connectivity index (χ1v) is 7.43. The maximum absolute atomic E-state index is 12.9. The van der Waals surface area contributed by atoms with Crippen LogP contribution in [-0.4, -0.2) is 50.8 Å². The first-order chi connectivity index (χ1) is 11.2. The summed E-state index contributed by atoms with van der Waals surface area (Å²) in [5, 5.41) is 0. The largest absolute Gasteiger partial charge is 0.416 e. The van der Waals surface area contributed by atoms with E-state index in [0.29, 0.717) is 5.56 Å². The summed E-state index contributed by atoms with van der Waals surface area (Å²) in [6.07, 6.45) is -4.44. The van der Waals surface area contributed by atoms with Crippen molar-refractivity contribution in [2.24, 2.45) is 5.73 Å². The van der Waals surface area contributed by atoms with Gasteiger partial charge in [-0.15, -0.1) is 0 Å². The summed E-state index contributed by atoms with van der Waals surface area (Å²) in [6, 6.07) is 3.43. The monoisotopic (exact) mass is 348 g/mol. The molecule has 2 unspecified atom stereocenters. The molecule has 1 amide bonds. The first-order valence-electron chi connectivity index (χ1n) is 7.43. The Morgan fingerprint density at radius 3 is 2.50 bits per heavy atom. The van der Waals surface area contributed by atoms with Gasteiger partial charge in [0.25, 0.3) is 0 Å². The molecular weight excluding hydrogens is 325 g/mol. The van der Waals surface area contributed by atoms with Crippen molar-refractivity contribution in [1.29, 1.82) is 0 Å². The van der Waals surface area contributed by atoms with E-state index in [0.717, 1.165) is 12.1 Å². The number of carbonyl (C=O) groups is 1. The fourth-order valence-corrected chi connectivity index (χ4v) is 2.30. The number of hydrogen-bond acceptors (Lipinski definition) is 4. The van der Waals surface area contributed by atoms with Crippen molar-refractivity contribution >= 4 is 5.91 Å². The number of benzene rings is 1. The van der Waals surface area contributed by atoms with Gasteiger partial charge in [-0.25, -0.2) is 0 Å². The van der Waals surface area contributed by atoms with Gasteiger partial charge in [0.1, 0.15) is 6.04 Å². The van der Waals surface area contributed by atoms with E-state index < -0.39 is 29.7 Å². The zero-order chi connectivity index (χ0) is 18.3. The second-order valence-corrected chi connectivity index (χ2v) is 5.39. The number of hydrogen-bond donors (Lipinski definition) is 1. The maximum atomic E-state index is 12.9. The lowest BCUT2D eigenvalue weighted by atomic mass is 10.0. The number of halogens is 3. The van der Waals surface area contributed by atoms with Crippen LogP contribution in [0.25, 0.3) is 0 Å². The van der Waals surface area contributed by atoms with Crippen LogP contribution in [0.3, 0.4) is 0 Å². The fourth-order valence-electron chi connectivity index (χ4n) is 2.30. The number of ether oxygens (including phenoxy) is 2. The molecule has 0 aliphatic heterocycles. The summed E-state index contributed by atoms with van der Waals surface area (Å²) in [7, 11) is 2.90. The quantitative estimate of drug-likeness (QED) is 0.782. The molecule has 5 nitrogen and oxygen atoms in total. The summed E-state index contributed by atoms with van der Waals surface area (Å²) in [5.74, 6) is -0.404. The summed E-state index contributed by atoms with van der Waals surface area (Å²) in [5.41, 5.74) is 5.40. The highest BCUT2D eigenvalue weighted by atomic mass is 19.4. The van der Waals surface area contributed by atoms with Gasteiger partial charge in [-0.2, -0.15) is 13.2 Å². The molecule has 1 aromatic rings. The number of rotatable bonds is 8. The highest BCUT2D eigenvalue weighted by Crippen LogP contribution is 2.32. The molecule has 1 aromatic carbocycles. The average molecular weight is 348 g/mol. The molecule has 0 bridgehead atoms. The van der Waals surface area contributed by atoms with Crippen molar-refractivity contribution in [3.63, 3.8) is 0 Å². The van der Waals surface area contributed by atoms with E-state index >= 15 is 0 Å². The summed E-state index contributed by atoms with van der Waals surface area (Å²) < 4.78 is 48.5. The molecule has 0 heterocycles. The third kappa shape index (κ3) is 5.47. The van der Waals surface area contributed by atoms with E-state index in [1.807, 2.05) is 0 Å². The highest BCUT2D eigenvalue weighted by Gasteiger charge is 2.32. The Labute approximate surface area is 139 Å². The van der Waals surface area contributed by atoms with Crippen molar-refractivity contribution in [2.75, 3.05) is 34.0 Å². The van der Waals surface area contributed by atoms with Gasteiger partial charge in [0.15, 0.2) is 0 Å². The summed E-state index contributed by atoms with van der Waals surface area (Å²) >= 11 is 0. The first kappa shape index (κ1) is 20.4. The molecule has 2 atom stereocenters. The second kappa shape index (κ2) is 9.00. The summed E-state index contributed by atoms with van der Waals surface area (Å²) in [4.78, 5) is 13.9. The van der Waals surface area contributed by atoms with Gasteiger partial charge in [-0.05, 0) is 24.6 Å². The topological polar surface area (TPSA) is 64.8 Å². The predicted molar refractivity (Wildman–Crippen MR) is 83.3 cm³/mol. The van der Waals surface area contributed by atoms with Crippen molar-refractivity contribution in [2.45, 2.75) is 25.2 Å². The van der Waals surface area contributed by atoms with Crippen LogP contribution in [0.2, 0.25) is 0 Å². The Bertz CT molecular complexity index is 538. The van der Waals surface area contributed by atoms with Crippen molar-refractivity contribution in [1.82, 2.24) is 4.90 Å². The number of alkyl halides is 3. The third-order valence-corrected chi connectivity index (χ3v) is 3.65. The Morgan fingerprint density at radius 1 is 1.29 bits per heavy atom. The average Bonchev–Trinajstić information content (AvgIpc) is 2.54. The lowest BCUT2D eigenvalue weighted by Crippen LogP contribution is -2.48. The Kier molecular flexibility index (Phi) is 7.65. The molecular formula is C16H23F3N2O3. The van der Waals surface area contributed by atoms with E-state index in [4.69, 9.17) is 15.2 Å². The zero-order valence-electron chi connectivity index (χ0n) is 14.0. The van der Waals surface area contributed by atoms with Crippen molar-refractivity contribution < 1.29 is 27.4 Å². The molecule has 2 N–H and O–H groups in total. The van der Waals surface area contributed by atoms with Gasteiger partial charge >= 0.3 is 6.18 Å². The fraction of sp³-hybridized carbons (Fsp3) is 0.562. The molecule has 0 saturated heterocycles. The van der Waals surface area contributed by atoms with E-state index in [9.17, 15) is 18.0 Å². The smallest absolute Gasteiger partial charge is 0.383 e. The Balaban J connectivity index is 3.07. The van der Waals surface area contributed by atoms with E-state index in [1.54, 1.807) is 13.0 Å². The van der Waals surface area contributed by atoms with Crippen LogP contribution in [0.1, 0.15) is 24.1 Å². The lowest BCUT2D eigenvalue weighted by Gasteiger charge is -2.31. The molecule has 0 aliphatic carbocycles. The molecule has 0 spiro atoms. The normalized spacial score (nSPS) is 14.3. The van der Waals surface area contributed by atoms with Gasteiger partial charge in [-0.1, -0.05) is 12.1 Å². The van der Waals surface area contributed by atoms with Crippen molar-refractivity contribution in [3.05, 3.63) is 35.4 Å². The Morgan fingerprint density at radius 2 is 1.96 bits per heavy atom. The van der Waals surface area contributed by atoms with Crippen LogP contribution in [0.15, 0.2) is 24.3 Å². The number of amides is 1. The van der Waals surface area contributed by atoms with E-state index in [-0.39, 0.29) is 19.8 Å². The SMILES string of the molecule is COCCN(C(=O)C(N)COC)C(C)c1cccc(C(F)(F)F)c1. The molecule has 1 rings (SSSR count). The minimum Gasteiger partial charge on any atom is -0.383 e.